The number of hydrogen-bond acceptors (Lipinski definition) is 4. The second-order valence-electron chi connectivity index (χ2n) is 3.05. The fourth-order valence-corrected chi connectivity index (χ4v) is 1.17. The average molecular weight is 234 g/mol. The molecule has 0 aliphatic carbocycles. The Bertz CT molecular complexity index is 543. The second kappa shape index (κ2) is 5.22. The van der Waals surface area contributed by atoms with Crippen molar-refractivity contribution in [2.75, 3.05) is 0 Å². The van der Waals surface area contributed by atoms with E-state index in [1.807, 2.05) is 0 Å². The van der Waals surface area contributed by atoms with Gasteiger partial charge in [-0.1, -0.05) is 0 Å². The summed E-state index contributed by atoms with van der Waals surface area (Å²) in [5.41, 5.74) is -0.832. The van der Waals surface area contributed by atoms with Crippen molar-refractivity contribution in [2.24, 2.45) is 0 Å². The Morgan fingerprint density at radius 3 is 2.18 bits per heavy atom. The summed E-state index contributed by atoms with van der Waals surface area (Å²) >= 11 is 0. The van der Waals surface area contributed by atoms with Gasteiger partial charge in [0.15, 0.2) is 11.6 Å². The Balaban J connectivity index is 3.43. The van der Waals surface area contributed by atoms with E-state index in [0.29, 0.717) is 12.1 Å². The molecule has 0 saturated carbocycles. The SMILES string of the molecule is N#CC(C#N)=Cc1cc(F)c(F)cc1B(O)O. The van der Waals surface area contributed by atoms with Gasteiger partial charge in [0, 0.05) is 0 Å². The van der Waals surface area contributed by atoms with Gasteiger partial charge in [0.1, 0.15) is 17.7 Å². The van der Waals surface area contributed by atoms with Gasteiger partial charge >= 0.3 is 7.12 Å². The standard InChI is InChI=1S/C10H5BF2N2O2/c12-9-2-7(1-6(4-14)5-15)8(11(16)17)3-10(9)13/h1-3,16-17H. The minimum atomic E-state index is -2.03. The highest BCUT2D eigenvalue weighted by Gasteiger charge is 2.18. The first kappa shape index (κ1) is 12.9. The van der Waals surface area contributed by atoms with Crippen LogP contribution >= 0.6 is 0 Å². The van der Waals surface area contributed by atoms with Gasteiger partial charge in [-0.2, -0.15) is 10.5 Å². The lowest BCUT2D eigenvalue weighted by atomic mass is 9.76. The molecule has 0 unspecified atom stereocenters. The zero-order valence-corrected chi connectivity index (χ0v) is 8.35. The molecule has 0 atom stereocenters. The van der Waals surface area contributed by atoms with Gasteiger partial charge in [0.25, 0.3) is 0 Å². The first-order valence-electron chi connectivity index (χ1n) is 4.36. The minimum Gasteiger partial charge on any atom is -0.423 e. The Kier molecular flexibility index (Phi) is 3.94. The third-order valence-electron chi connectivity index (χ3n) is 1.94. The molecule has 2 N–H and O–H groups in total. The fraction of sp³-hybridized carbons (Fsp3) is 0. The summed E-state index contributed by atoms with van der Waals surface area (Å²) < 4.78 is 25.8. The van der Waals surface area contributed by atoms with E-state index in [0.717, 1.165) is 6.08 Å². The summed E-state index contributed by atoms with van der Waals surface area (Å²) in [4.78, 5) is 0. The summed E-state index contributed by atoms with van der Waals surface area (Å²) in [7, 11) is -2.03. The average Bonchev–Trinajstić information content (AvgIpc) is 2.29. The van der Waals surface area contributed by atoms with Crippen LogP contribution < -0.4 is 5.46 Å². The van der Waals surface area contributed by atoms with Gasteiger partial charge in [-0.15, -0.1) is 0 Å². The molecule has 0 spiro atoms. The number of rotatable bonds is 2. The van der Waals surface area contributed by atoms with E-state index in [4.69, 9.17) is 20.6 Å². The Morgan fingerprint density at radius 2 is 1.71 bits per heavy atom. The molecule has 0 amide bonds. The molecule has 7 heteroatoms. The summed E-state index contributed by atoms with van der Waals surface area (Å²) in [6, 6.07) is 4.32. The van der Waals surface area contributed by atoms with Crippen molar-refractivity contribution in [3.05, 3.63) is 34.9 Å². The van der Waals surface area contributed by atoms with Crippen LogP contribution in [0.2, 0.25) is 0 Å². The van der Waals surface area contributed by atoms with E-state index < -0.39 is 18.8 Å². The van der Waals surface area contributed by atoms with Crippen LogP contribution in [0.1, 0.15) is 5.56 Å². The molecule has 1 aromatic rings. The molecule has 0 heterocycles. The second-order valence-corrected chi connectivity index (χ2v) is 3.05. The molecule has 0 aliphatic heterocycles. The molecule has 0 fully saturated rings. The van der Waals surface area contributed by atoms with Crippen LogP contribution in [-0.2, 0) is 0 Å². The van der Waals surface area contributed by atoms with Crippen LogP contribution in [-0.4, -0.2) is 17.2 Å². The summed E-state index contributed by atoms with van der Waals surface area (Å²) in [6.07, 6.45) is 0.942. The number of halogens is 2. The molecule has 0 radical (unpaired) electrons. The van der Waals surface area contributed by atoms with Gasteiger partial charge < -0.3 is 10.0 Å². The molecule has 0 aliphatic rings. The zero-order valence-electron chi connectivity index (χ0n) is 8.35. The Labute approximate surface area is 95.8 Å². The van der Waals surface area contributed by atoms with Crippen molar-refractivity contribution in [1.82, 2.24) is 0 Å². The van der Waals surface area contributed by atoms with Crippen LogP contribution in [0.25, 0.3) is 6.08 Å². The maximum Gasteiger partial charge on any atom is 0.489 e. The largest absolute Gasteiger partial charge is 0.489 e. The van der Waals surface area contributed by atoms with Crippen molar-refractivity contribution >= 4 is 18.7 Å². The summed E-state index contributed by atoms with van der Waals surface area (Å²) in [5.74, 6) is -2.46. The molecular formula is C10H5BF2N2O2. The van der Waals surface area contributed by atoms with Crippen molar-refractivity contribution < 1.29 is 18.8 Å². The van der Waals surface area contributed by atoms with Gasteiger partial charge in [0.2, 0.25) is 0 Å². The molecule has 17 heavy (non-hydrogen) atoms. The molecule has 0 bridgehead atoms. The van der Waals surface area contributed by atoms with E-state index in [2.05, 4.69) is 0 Å². The first-order chi connectivity index (χ1) is 7.99. The first-order valence-corrected chi connectivity index (χ1v) is 4.36. The van der Waals surface area contributed by atoms with E-state index >= 15 is 0 Å². The molecule has 0 aromatic heterocycles. The maximum absolute atomic E-state index is 12.9. The molecule has 0 saturated heterocycles. The van der Waals surface area contributed by atoms with Gasteiger partial charge in [-0.25, -0.2) is 8.78 Å². The third-order valence-corrected chi connectivity index (χ3v) is 1.94. The molecule has 1 aromatic carbocycles. The fourth-order valence-electron chi connectivity index (χ4n) is 1.17. The number of allylic oxidation sites excluding steroid dienone is 1. The lowest BCUT2D eigenvalue weighted by molar-refractivity contribution is 0.425. The van der Waals surface area contributed by atoms with Crippen molar-refractivity contribution in [2.45, 2.75) is 0 Å². The Morgan fingerprint density at radius 1 is 1.18 bits per heavy atom. The highest BCUT2D eigenvalue weighted by atomic mass is 19.2. The number of benzene rings is 1. The van der Waals surface area contributed by atoms with Crippen molar-refractivity contribution in [1.29, 1.82) is 10.5 Å². The van der Waals surface area contributed by atoms with E-state index in [1.54, 1.807) is 0 Å². The summed E-state index contributed by atoms with van der Waals surface area (Å²) in [5, 5.41) is 34.9. The summed E-state index contributed by atoms with van der Waals surface area (Å²) in [6.45, 7) is 0. The van der Waals surface area contributed by atoms with E-state index in [-0.39, 0.29) is 16.6 Å². The van der Waals surface area contributed by atoms with Crippen LogP contribution in [0, 0.1) is 34.3 Å². The quantitative estimate of drug-likeness (QED) is 0.560. The highest BCUT2D eigenvalue weighted by Crippen LogP contribution is 2.10. The number of hydrogen-bond donors (Lipinski definition) is 2. The monoisotopic (exact) mass is 234 g/mol. The van der Waals surface area contributed by atoms with E-state index in [9.17, 15) is 8.78 Å². The Hall–Kier alpha value is -2.22. The maximum atomic E-state index is 12.9. The lowest BCUT2D eigenvalue weighted by Crippen LogP contribution is -2.32. The molecular weight excluding hydrogens is 229 g/mol. The van der Waals surface area contributed by atoms with Crippen LogP contribution in [0.3, 0.4) is 0 Å². The lowest BCUT2D eigenvalue weighted by Gasteiger charge is -2.05. The van der Waals surface area contributed by atoms with Gasteiger partial charge in [0.05, 0.1) is 0 Å². The van der Waals surface area contributed by atoms with Crippen LogP contribution in [0.15, 0.2) is 17.7 Å². The van der Waals surface area contributed by atoms with E-state index in [1.165, 1.54) is 12.1 Å². The van der Waals surface area contributed by atoms with Crippen molar-refractivity contribution in [3.63, 3.8) is 0 Å². The zero-order chi connectivity index (χ0) is 13.0. The molecule has 4 nitrogen and oxygen atoms in total. The van der Waals surface area contributed by atoms with Gasteiger partial charge in [-0.3, -0.25) is 0 Å². The highest BCUT2D eigenvalue weighted by molar-refractivity contribution is 6.59. The predicted octanol–water partition coefficient (Wildman–Crippen LogP) is 0.0752. The minimum absolute atomic E-state index is 0.142. The number of nitriles is 2. The molecule has 1 rings (SSSR count). The predicted molar refractivity (Wildman–Crippen MR) is 55.4 cm³/mol. The van der Waals surface area contributed by atoms with Gasteiger partial charge in [-0.05, 0) is 29.2 Å². The third kappa shape index (κ3) is 2.88. The molecule has 84 valence electrons. The number of nitrogens with zero attached hydrogens (tertiary/aromatic N) is 2. The smallest absolute Gasteiger partial charge is 0.423 e. The van der Waals surface area contributed by atoms with Crippen LogP contribution in [0.5, 0.6) is 0 Å². The topological polar surface area (TPSA) is 88.0 Å². The normalized spacial score (nSPS) is 9.06. The van der Waals surface area contributed by atoms with Crippen LogP contribution in [0.4, 0.5) is 8.78 Å². The van der Waals surface area contributed by atoms with Crippen molar-refractivity contribution in [3.8, 4) is 12.1 Å².